The minimum Gasteiger partial charge on any atom is -0.351 e. The van der Waals surface area contributed by atoms with E-state index in [1.165, 1.54) is 11.3 Å². The number of hydrogen-bond donors (Lipinski definition) is 1. The molecule has 0 bridgehead atoms. The van der Waals surface area contributed by atoms with Crippen LogP contribution in [0.2, 0.25) is 0 Å². The first-order valence-electron chi connectivity index (χ1n) is 8.43. The van der Waals surface area contributed by atoms with Gasteiger partial charge in [-0.2, -0.15) is 0 Å². The summed E-state index contributed by atoms with van der Waals surface area (Å²) in [5.41, 5.74) is 3.16. The van der Waals surface area contributed by atoms with E-state index in [9.17, 15) is 4.79 Å². The maximum atomic E-state index is 12.4. The second-order valence-electron chi connectivity index (χ2n) is 5.89. The number of nitrogens with zero attached hydrogens (tertiary/aromatic N) is 2. The van der Waals surface area contributed by atoms with Crippen LogP contribution in [0.15, 0.2) is 73.1 Å². The number of thiazole rings is 1. The van der Waals surface area contributed by atoms with E-state index in [1.807, 2.05) is 54.6 Å². The lowest BCUT2D eigenvalue weighted by molar-refractivity contribution is 0.0958. The van der Waals surface area contributed by atoms with Gasteiger partial charge in [0.15, 0.2) is 0 Å². The SMILES string of the molecule is O=C(NCCc1cccc2cccnc12)c1cnc(-c2ccccc2)s1. The molecule has 0 saturated heterocycles. The number of aromatic nitrogens is 2. The van der Waals surface area contributed by atoms with Crippen LogP contribution in [0.1, 0.15) is 15.2 Å². The number of rotatable bonds is 5. The standard InChI is InChI=1S/C21H17N3OS/c25-20(18-14-24-21(26-18)17-6-2-1-3-7-17)23-13-11-16-9-4-8-15-10-5-12-22-19(15)16/h1-10,12,14H,11,13H2,(H,23,25). The monoisotopic (exact) mass is 359 g/mol. The third kappa shape index (κ3) is 3.48. The van der Waals surface area contributed by atoms with Crippen LogP contribution < -0.4 is 5.32 Å². The van der Waals surface area contributed by atoms with Gasteiger partial charge in [0.1, 0.15) is 9.88 Å². The molecule has 4 aromatic rings. The minimum atomic E-state index is -0.0853. The molecular formula is C21H17N3OS. The maximum absolute atomic E-state index is 12.4. The second kappa shape index (κ2) is 7.45. The van der Waals surface area contributed by atoms with Crippen LogP contribution in [-0.4, -0.2) is 22.4 Å². The van der Waals surface area contributed by atoms with Crippen LogP contribution in [-0.2, 0) is 6.42 Å². The van der Waals surface area contributed by atoms with Crippen molar-refractivity contribution in [2.75, 3.05) is 6.54 Å². The molecule has 128 valence electrons. The Morgan fingerprint density at radius 1 is 0.962 bits per heavy atom. The van der Waals surface area contributed by atoms with E-state index in [2.05, 4.69) is 21.4 Å². The molecule has 1 amide bonds. The van der Waals surface area contributed by atoms with E-state index >= 15 is 0 Å². The van der Waals surface area contributed by atoms with Crippen molar-refractivity contribution in [3.63, 3.8) is 0 Å². The normalized spacial score (nSPS) is 10.8. The highest BCUT2D eigenvalue weighted by molar-refractivity contribution is 7.16. The van der Waals surface area contributed by atoms with Crippen LogP contribution in [0.3, 0.4) is 0 Å². The number of fused-ring (bicyclic) bond motifs is 1. The molecule has 2 heterocycles. The molecule has 4 rings (SSSR count). The quantitative estimate of drug-likeness (QED) is 0.577. The average molecular weight is 359 g/mol. The summed E-state index contributed by atoms with van der Waals surface area (Å²) in [4.78, 5) is 21.8. The highest BCUT2D eigenvalue weighted by Gasteiger charge is 2.11. The smallest absolute Gasteiger partial charge is 0.263 e. The molecule has 0 atom stereocenters. The molecule has 0 radical (unpaired) electrons. The van der Waals surface area contributed by atoms with E-state index in [0.717, 1.165) is 33.5 Å². The Hall–Kier alpha value is -3.05. The zero-order valence-electron chi connectivity index (χ0n) is 14.1. The van der Waals surface area contributed by atoms with E-state index in [-0.39, 0.29) is 5.91 Å². The molecule has 5 heteroatoms. The van der Waals surface area contributed by atoms with Crippen molar-refractivity contribution >= 4 is 28.1 Å². The molecule has 0 unspecified atom stereocenters. The predicted octanol–water partition coefficient (Wildman–Crippen LogP) is 4.33. The van der Waals surface area contributed by atoms with Crippen molar-refractivity contribution in [2.24, 2.45) is 0 Å². The summed E-state index contributed by atoms with van der Waals surface area (Å²) in [7, 11) is 0. The molecule has 2 aromatic carbocycles. The first kappa shape index (κ1) is 16.4. The number of benzene rings is 2. The Labute approximate surface area is 155 Å². The van der Waals surface area contributed by atoms with Gasteiger partial charge in [0.2, 0.25) is 0 Å². The lowest BCUT2D eigenvalue weighted by atomic mass is 10.1. The van der Waals surface area contributed by atoms with Crippen molar-refractivity contribution in [1.29, 1.82) is 0 Å². The number of nitrogens with one attached hydrogen (secondary N) is 1. The third-order valence-electron chi connectivity index (χ3n) is 4.15. The van der Waals surface area contributed by atoms with Gasteiger partial charge in [-0.05, 0) is 18.1 Å². The number of amides is 1. The molecule has 26 heavy (non-hydrogen) atoms. The van der Waals surface area contributed by atoms with Gasteiger partial charge in [0, 0.05) is 23.7 Å². The zero-order chi connectivity index (χ0) is 17.8. The fourth-order valence-corrected chi connectivity index (χ4v) is 3.70. The lowest BCUT2D eigenvalue weighted by Crippen LogP contribution is -2.24. The molecule has 0 spiro atoms. The molecule has 1 N–H and O–H groups in total. The highest BCUT2D eigenvalue weighted by atomic mass is 32.1. The fraction of sp³-hybridized carbons (Fsp3) is 0.0952. The Morgan fingerprint density at radius 2 is 1.81 bits per heavy atom. The average Bonchev–Trinajstić information content (AvgIpc) is 3.19. The van der Waals surface area contributed by atoms with Crippen molar-refractivity contribution < 1.29 is 4.79 Å². The summed E-state index contributed by atoms with van der Waals surface area (Å²) in [5, 5.41) is 4.95. The van der Waals surface area contributed by atoms with Crippen LogP contribution in [0.4, 0.5) is 0 Å². The van der Waals surface area contributed by atoms with Gasteiger partial charge in [-0.1, -0.05) is 54.6 Å². The van der Waals surface area contributed by atoms with E-state index in [0.29, 0.717) is 11.4 Å². The number of pyridine rings is 1. The Balaban J connectivity index is 1.41. The van der Waals surface area contributed by atoms with Gasteiger partial charge in [-0.15, -0.1) is 11.3 Å². The lowest BCUT2D eigenvalue weighted by Gasteiger charge is -2.06. The van der Waals surface area contributed by atoms with Crippen molar-refractivity contribution in [3.8, 4) is 10.6 Å². The topological polar surface area (TPSA) is 54.9 Å². The predicted molar refractivity (Wildman–Crippen MR) is 105 cm³/mol. The van der Waals surface area contributed by atoms with Crippen LogP contribution >= 0.6 is 11.3 Å². The first-order chi connectivity index (χ1) is 12.8. The molecule has 0 saturated carbocycles. The summed E-state index contributed by atoms with van der Waals surface area (Å²) in [6.07, 6.45) is 4.18. The van der Waals surface area contributed by atoms with Crippen LogP contribution in [0, 0.1) is 0 Å². The van der Waals surface area contributed by atoms with E-state index < -0.39 is 0 Å². The minimum absolute atomic E-state index is 0.0853. The van der Waals surface area contributed by atoms with Crippen LogP contribution in [0.5, 0.6) is 0 Å². The molecule has 0 aliphatic heterocycles. The van der Waals surface area contributed by atoms with Crippen molar-refractivity contribution in [1.82, 2.24) is 15.3 Å². The molecule has 0 aliphatic rings. The summed E-state index contributed by atoms with van der Waals surface area (Å²) >= 11 is 1.41. The van der Waals surface area contributed by atoms with Gasteiger partial charge in [0.05, 0.1) is 11.7 Å². The highest BCUT2D eigenvalue weighted by Crippen LogP contribution is 2.24. The number of para-hydroxylation sites is 1. The van der Waals surface area contributed by atoms with Gasteiger partial charge in [0.25, 0.3) is 5.91 Å². The van der Waals surface area contributed by atoms with Gasteiger partial charge < -0.3 is 5.32 Å². The van der Waals surface area contributed by atoms with E-state index in [4.69, 9.17) is 0 Å². The number of hydrogen-bond acceptors (Lipinski definition) is 4. The van der Waals surface area contributed by atoms with Gasteiger partial charge in [-0.25, -0.2) is 4.98 Å². The molecule has 2 aromatic heterocycles. The molecule has 0 aliphatic carbocycles. The van der Waals surface area contributed by atoms with Gasteiger partial charge in [-0.3, -0.25) is 9.78 Å². The summed E-state index contributed by atoms with van der Waals surface area (Å²) in [5.74, 6) is -0.0853. The van der Waals surface area contributed by atoms with Gasteiger partial charge >= 0.3 is 0 Å². The third-order valence-corrected chi connectivity index (χ3v) is 5.19. The van der Waals surface area contributed by atoms with E-state index in [1.54, 1.807) is 12.4 Å². The molecule has 4 nitrogen and oxygen atoms in total. The summed E-state index contributed by atoms with van der Waals surface area (Å²) in [6, 6.07) is 20.0. The summed E-state index contributed by atoms with van der Waals surface area (Å²) < 4.78 is 0. The van der Waals surface area contributed by atoms with Crippen LogP contribution in [0.25, 0.3) is 21.5 Å². The van der Waals surface area contributed by atoms with Crippen molar-refractivity contribution in [2.45, 2.75) is 6.42 Å². The zero-order valence-corrected chi connectivity index (χ0v) is 14.9. The Morgan fingerprint density at radius 3 is 2.69 bits per heavy atom. The summed E-state index contributed by atoms with van der Waals surface area (Å²) in [6.45, 7) is 0.563. The largest absolute Gasteiger partial charge is 0.351 e. The number of carbonyl (C=O) groups excluding carboxylic acids is 1. The maximum Gasteiger partial charge on any atom is 0.263 e. The fourth-order valence-electron chi connectivity index (χ4n) is 2.86. The Bertz CT molecular complexity index is 1040. The Kier molecular flexibility index (Phi) is 4.71. The molecule has 0 fully saturated rings. The second-order valence-corrected chi connectivity index (χ2v) is 6.92. The first-order valence-corrected chi connectivity index (χ1v) is 9.25. The number of carbonyl (C=O) groups is 1. The van der Waals surface area contributed by atoms with Crippen molar-refractivity contribution in [3.05, 3.63) is 83.5 Å². The molecular weight excluding hydrogens is 342 g/mol.